The molecule has 2 aromatic rings. The van der Waals surface area contributed by atoms with E-state index in [-0.39, 0.29) is 6.61 Å². The van der Waals surface area contributed by atoms with E-state index >= 15 is 0 Å². The predicted molar refractivity (Wildman–Crippen MR) is 85.4 cm³/mol. The Morgan fingerprint density at radius 1 is 1.10 bits per heavy atom. The van der Waals surface area contributed by atoms with Gasteiger partial charge >= 0.3 is 0 Å². The molecule has 0 radical (unpaired) electrons. The maximum absolute atomic E-state index is 8.73. The average Bonchev–Trinajstić information content (AvgIpc) is 2.47. The predicted octanol–water partition coefficient (Wildman–Crippen LogP) is 3.53. The van der Waals surface area contributed by atoms with E-state index < -0.39 is 0 Å². The first-order chi connectivity index (χ1) is 10.1. The minimum absolute atomic E-state index is 0.123. The van der Waals surface area contributed by atoms with E-state index in [1.54, 1.807) is 0 Å². The Hall–Kier alpha value is -2.24. The van der Waals surface area contributed by atoms with Crippen LogP contribution in [0.4, 0.5) is 0 Å². The van der Waals surface area contributed by atoms with Crippen molar-refractivity contribution < 1.29 is 9.84 Å². The van der Waals surface area contributed by atoms with Crippen LogP contribution in [-0.4, -0.2) is 11.7 Å². The van der Waals surface area contributed by atoms with Crippen molar-refractivity contribution in [3.8, 4) is 17.6 Å². The van der Waals surface area contributed by atoms with Crippen LogP contribution in [0.15, 0.2) is 36.4 Å². The molecule has 2 nitrogen and oxygen atoms in total. The lowest BCUT2D eigenvalue weighted by Crippen LogP contribution is -1.99. The Bertz CT molecular complexity index is 690. The summed E-state index contributed by atoms with van der Waals surface area (Å²) < 4.78 is 5.95. The Labute approximate surface area is 126 Å². The molecule has 21 heavy (non-hydrogen) atoms. The van der Waals surface area contributed by atoms with Gasteiger partial charge in [-0.3, -0.25) is 0 Å². The van der Waals surface area contributed by atoms with Crippen molar-refractivity contribution in [2.75, 3.05) is 6.61 Å². The highest BCUT2D eigenvalue weighted by Crippen LogP contribution is 2.24. The van der Waals surface area contributed by atoms with E-state index in [9.17, 15) is 0 Å². The van der Waals surface area contributed by atoms with E-state index in [1.165, 1.54) is 16.7 Å². The molecule has 0 aliphatic rings. The third-order valence-corrected chi connectivity index (χ3v) is 3.40. The second kappa shape index (κ2) is 6.97. The van der Waals surface area contributed by atoms with E-state index in [1.807, 2.05) is 24.3 Å². The van der Waals surface area contributed by atoms with Crippen molar-refractivity contribution in [2.45, 2.75) is 27.4 Å². The number of hydrogen-bond donors (Lipinski definition) is 1. The topological polar surface area (TPSA) is 29.5 Å². The first-order valence-corrected chi connectivity index (χ1v) is 6.99. The van der Waals surface area contributed by atoms with Gasteiger partial charge in [-0.1, -0.05) is 30.0 Å². The first kappa shape index (κ1) is 15.2. The summed E-state index contributed by atoms with van der Waals surface area (Å²) in [6.45, 7) is 6.64. The number of aliphatic hydroxyl groups is 1. The number of aryl methyl sites for hydroxylation is 2. The molecule has 0 aliphatic heterocycles. The molecule has 0 atom stereocenters. The van der Waals surface area contributed by atoms with Crippen LogP contribution in [0.3, 0.4) is 0 Å². The summed E-state index contributed by atoms with van der Waals surface area (Å²) >= 11 is 0. The second-order valence-electron chi connectivity index (χ2n) is 5.15. The van der Waals surface area contributed by atoms with Gasteiger partial charge in [-0.15, -0.1) is 0 Å². The maximum Gasteiger partial charge on any atom is 0.123 e. The van der Waals surface area contributed by atoms with Gasteiger partial charge in [-0.25, -0.2) is 0 Å². The molecule has 0 saturated carbocycles. The molecular weight excluding hydrogens is 260 g/mol. The monoisotopic (exact) mass is 280 g/mol. The fourth-order valence-electron chi connectivity index (χ4n) is 2.19. The lowest BCUT2D eigenvalue weighted by atomic mass is 10.1. The summed E-state index contributed by atoms with van der Waals surface area (Å²) in [5.74, 6) is 6.49. The van der Waals surface area contributed by atoms with Crippen molar-refractivity contribution in [1.82, 2.24) is 0 Å². The number of rotatable bonds is 3. The molecule has 0 unspecified atom stereocenters. The van der Waals surface area contributed by atoms with Gasteiger partial charge in [0.25, 0.3) is 0 Å². The van der Waals surface area contributed by atoms with Crippen LogP contribution in [0, 0.1) is 32.6 Å². The number of ether oxygens (including phenoxy) is 1. The lowest BCUT2D eigenvalue weighted by molar-refractivity contribution is 0.303. The fourth-order valence-corrected chi connectivity index (χ4v) is 2.19. The van der Waals surface area contributed by atoms with Gasteiger partial charge in [0.2, 0.25) is 0 Å². The molecule has 2 aromatic carbocycles. The number of benzene rings is 2. The third-order valence-electron chi connectivity index (χ3n) is 3.40. The Balaban J connectivity index is 2.13. The van der Waals surface area contributed by atoms with E-state index in [4.69, 9.17) is 9.84 Å². The van der Waals surface area contributed by atoms with Gasteiger partial charge in [0.15, 0.2) is 0 Å². The van der Waals surface area contributed by atoms with Crippen LogP contribution >= 0.6 is 0 Å². The summed E-state index contributed by atoms with van der Waals surface area (Å²) in [6.07, 6.45) is 0. The van der Waals surface area contributed by atoms with Crippen LogP contribution in [0.5, 0.6) is 5.75 Å². The molecule has 0 fully saturated rings. The van der Waals surface area contributed by atoms with Crippen molar-refractivity contribution in [2.24, 2.45) is 0 Å². The van der Waals surface area contributed by atoms with Crippen molar-refractivity contribution in [3.63, 3.8) is 0 Å². The van der Waals surface area contributed by atoms with Crippen molar-refractivity contribution in [3.05, 3.63) is 64.2 Å². The van der Waals surface area contributed by atoms with Gasteiger partial charge < -0.3 is 9.84 Å². The Morgan fingerprint density at radius 2 is 1.90 bits per heavy atom. The van der Waals surface area contributed by atoms with Gasteiger partial charge in [0, 0.05) is 5.56 Å². The SMILES string of the molecule is Cc1cc(C)c(C)c(OCc2cccc(C#CCO)c2)c1. The van der Waals surface area contributed by atoms with Crippen LogP contribution in [0.25, 0.3) is 0 Å². The summed E-state index contributed by atoms with van der Waals surface area (Å²) in [5, 5.41) is 8.73. The minimum atomic E-state index is -0.123. The third kappa shape index (κ3) is 4.11. The van der Waals surface area contributed by atoms with E-state index in [0.29, 0.717) is 6.61 Å². The van der Waals surface area contributed by atoms with E-state index in [2.05, 4.69) is 44.7 Å². The smallest absolute Gasteiger partial charge is 0.123 e. The molecule has 1 N–H and O–H groups in total. The zero-order valence-electron chi connectivity index (χ0n) is 12.7. The Morgan fingerprint density at radius 3 is 2.67 bits per heavy atom. The highest BCUT2D eigenvalue weighted by atomic mass is 16.5. The standard InChI is InChI=1S/C19H20O2/c1-14-10-15(2)16(3)19(11-14)21-13-18-7-4-6-17(12-18)8-5-9-20/h4,6-7,10-12,20H,9,13H2,1-3H3. The first-order valence-electron chi connectivity index (χ1n) is 6.99. The molecule has 108 valence electrons. The quantitative estimate of drug-likeness (QED) is 0.871. The molecule has 0 heterocycles. The minimum Gasteiger partial charge on any atom is -0.489 e. The largest absolute Gasteiger partial charge is 0.489 e. The van der Waals surface area contributed by atoms with E-state index in [0.717, 1.165) is 16.9 Å². The molecule has 2 rings (SSSR count). The molecule has 2 heteroatoms. The molecule has 0 spiro atoms. The summed E-state index contributed by atoms with van der Waals surface area (Å²) in [7, 11) is 0. The molecule has 0 aromatic heterocycles. The highest BCUT2D eigenvalue weighted by Gasteiger charge is 2.04. The second-order valence-corrected chi connectivity index (χ2v) is 5.15. The fraction of sp³-hybridized carbons (Fsp3) is 0.263. The van der Waals surface area contributed by atoms with Gasteiger partial charge in [0.05, 0.1) is 0 Å². The van der Waals surface area contributed by atoms with Gasteiger partial charge in [0.1, 0.15) is 19.0 Å². The molecule has 0 aliphatic carbocycles. The van der Waals surface area contributed by atoms with Crippen LogP contribution in [-0.2, 0) is 6.61 Å². The van der Waals surface area contributed by atoms with Crippen molar-refractivity contribution >= 4 is 0 Å². The van der Waals surface area contributed by atoms with Gasteiger partial charge in [-0.2, -0.15) is 0 Å². The molecule has 0 amide bonds. The van der Waals surface area contributed by atoms with Crippen LogP contribution < -0.4 is 4.74 Å². The summed E-state index contributed by atoms with van der Waals surface area (Å²) in [4.78, 5) is 0. The lowest BCUT2D eigenvalue weighted by Gasteiger charge is -2.12. The summed E-state index contributed by atoms with van der Waals surface area (Å²) in [6, 6.07) is 12.1. The number of aliphatic hydroxyl groups excluding tert-OH is 1. The van der Waals surface area contributed by atoms with Crippen LogP contribution in [0.2, 0.25) is 0 Å². The summed E-state index contributed by atoms with van der Waals surface area (Å²) in [5.41, 5.74) is 5.58. The molecule has 0 saturated heterocycles. The zero-order chi connectivity index (χ0) is 15.2. The molecule has 0 bridgehead atoms. The van der Waals surface area contributed by atoms with Gasteiger partial charge in [-0.05, 0) is 61.2 Å². The van der Waals surface area contributed by atoms with Crippen molar-refractivity contribution in [1.29, 1.82) is 0 Å². The average molecular weight is 280 g/mol. The number of hydrogen-bond acceptors (Lipinski definition) is 2. The maximum atomic E-state index is 8.73. The normalized spacial score (nSPS) is 9.90. The highest BCUT2D eigenvalue weighted by molar-refractivity contribution is 5.42. The zero-order valence-corrected chi connectivity index (χ0v) is 12.7. The van der Waals surface area contributed by atoms with Crippen LogP contribution in [0.1, 0.15) is 27.8 Å². The molecular formula is C19H20O2. The Kier molecular flexibility index (Phi) is 5.03.